The SMILES string of the molecule is S=C=NCC1C=C(c2cccc(Cl)c2)NO1. The molecule has 0 saturated carbocycles. The minimum absolute atomic E-state index is 0.107. The second-order valence-corrected chi connectivity index (χ2v) is 3.90. The number of rotatable bonds is 3. The summed E-state index contributed by atoms with van der Waals surface area (Å²) in [5.41, 5.74) is 4.72. The van der Waals surface area contributed by atoms with Crippen molar-refractivity contribution in [2.45, 2.75) is 6.10 Å². The Hall–Kier alpha value is -1.19. The second kappa shape index (κ2) is 5.23. The maximum atomic E-state index is 5.91. The zero-order valence-electron chi connectivity index (χ0n) is 8.31. The summed E-state index contributed by atoms with van der Waals surface area (Å²) in [6, 6.07) is 7.55. The first-order valence-corrected chi connectivity index (χ1v) is 5.51. The summed E-state index contributed by atoms with van der Waals surface area (Å²) < 4.78 is 0. The van der Waals surface area contributed by atoms with Crippen LogP contribution in [0.2, 0.25) is 5.02 Å². The standard InChI is InChI=1S/C11H9ClN2OS/c12-9-3-1-2-8(4-9)11-5-10(15-14-11)6-13-7-16/h1-5,10,14H,6H2. The molecule has 1 atom stereocenters. The fourth-order valence-corrected chi connectivity index (χ4v) is 1.69. The van der Waals surface area contributed by atoms with Crippen LogP contribution in [0.1, 0.15) is 5.56 Å². The Balaban J connectivity index is 2.14. The number of nitrogens with zero attached hydrogens (tertiary/aromatic N) is 1. The largest absolute Gasteiger partial charge is 0.267 e. The third kappa shape index (κ3) is 2.68. The first-order chi connectivity index (χ1) is 7.79. The van der Waals surface area contributed by atoms with Crippen molar-refractivity contribution in [1.29, 1.82) is 0 Å². The molecular weight excluding hydrogens is 244 g/mol. The van der Waals surface area contributed by atoms with E-state index < -0.39 is 0 Å². The van der Waals surface area contributed by atoms with E-state index in [0.29, 0.717) is 11.6 Å². The molecule has 1 aromatic carbocycles. The minimum Gasteiger partial charge on any atom is -0.267 e. The number of hydrogen-bond donors (Lipinski definition) is 1. The van der Waals surface area contributed by atoms with E-state index in [2.05, 4.69) is 27.9 Å². The molecule has 1 unspecified atom stereocenters. The average Bonchev–Trinajstić information content (AvgIpc) is 2.75. The molecule has 3 nitrogen and oxygen atoms in total. The van der Waals surface area contributed by atoms with Crippen molar-refractivity contribution in [1.82, 2.24) is 5.48 Å². The van der Waals surface area contributed by atoms with Crippen molar-refractivity contribution >= 4 is 34.7 Å². The van der Waals surface area contributed by atoms with Crippen LogP contribution in [0, 0.1) is 0 Å². The molecule has 16 heavy (non-hydrogen) atoms. The monoisotopic (exact) mass is 252 g/mol. The lowest BCUT2D eigenvalue weighted by Gasteiger charge is -2.04. The van der Waals surface area contributed by atoms with Crippen LogP contribution in [-0.2, 0) is 4.84 Å². The Morgan fingerprint density at radius 1 is 1.56 bits per heavy atom. The number of benzene rings is 1. The molecule has 0 radical (unpaired) electrons. The van der Waals surface area contributed by atoms with Crippen LogP contribution in [0.15, 0.2) is 35.3 Å². The quantitative estimate of drug-likeness (QED) is 0.663. The Bertz CT molecular complexity index is 469. The van der Waals surface area contributed by atoms with Gasteiger partial charge in [0, 0.05) is 10.6 Å². The maximum Gasteiger partial charge on any atom is 0.126 e. The summed E-state index contributed by atoms with van der Waals surface area (Å²) in [6.07, 6.45) is 1.84. The first-order valence-electron chi connectivity index (χ1n) is 4.72. The van der Waals surface area contributed by atoms with Gasteiger partial charge in [0.25, 0.3) is 0 Å². The van der Waals surface area contributed by atoms with Gasteiger partial charge in [0.1, 0.15) is 6.10 Å². The molecule has 0 amide bonds. The Morgan fingerprint density at radius 2 is 2.44 bits per heavy atom. The molecule has 1 aliphatic rings. The molecule has 0 fully saturated rings. The number of nitrogens with one attached hydrogen (secondary N) is 1. The highest BCUT2D eigenvalue weighted by Gasteiger charge is 2.16. The molecule has 0 aromatic heterocycles. The van der Waals surface area contributed by atoms with Crippen molar-refractivity contribution in [2.24, 2.45) is 4.99 Å². The number of halogens is 1. The van der Waals surface area contributed by atoms with E-state index in [1.807, 2.05) is 30.3 Å². The molecule has 0 spiro atoms. The van der Waals surface area contributed by atoms with Gasteiger partial charge in [0.2, 0.25) is 0 Å². The zero-order valence-corrected chi connectivity index (χ0v) is 9.89. The number of isothiocyanates is 1. The number of thiocarbonyl (C=S) groups is 1. The molecule has 0 bridgehead atoms. The van der Waals surface area contributed by atoms with Crippen LogP contribution in [0.5, 0.6) is 0 Å². The van der Waals surface area contributed by atoms with Crippen LogP contribution in [-0.4, -0.2) is 17.8 Å². The molecule has 0 saturated heterocycles. The molecule has 5 heteroatoms. The number of hydroxylamine groups is 1. The summed E-state index contributed by atoms with van der Waals surface area (Å²) >= 11 is 10.4. The van der Waals surface area contributed by atoms with Crippen LogP contribution in [0.3, 0.4) is 0 Å². The fraction of sp³-hybridized carbons (Fsp3) is 0.182. The van der Waals surface area contributed by atoms with Crippen molar-refractivity contribution in [3.8, 4) is 0 Å². The maximum absolute atomic E-state index is 5.91. The van der Waals surface area contributed by atoms with E-state index in [1.165, 1.54) is 0 Å². The van der Waals surface area contributed by atoms with Gasteiger partial charge in [-0.15, -0.1) is 0 Å². The highest BCUT2D eigenvalue weighted by molar-refractivity contribution is 7.78. The van der Waals surface area contributed by atoms with Gasteiger partial charge in [-0.25, -0.2) is 4.99 Å². The van der Waals surface area contributed by atoms with Gasteiger partial charge in [-0.1, -0.05) is 23.7 Å². The Kier molecular flexibility index (Phi) is 3.70. The minimum atomic E-state index is -0.107. The van der Waals surface area contributed by atoms with Gasteiger partial charge in [0.15, 0.2) is 0 Å². The predicted molar refractivity (Wildman–Crippen MR) is 67.3 cm³/mol. The van der Waals surface area contributed by atoms with Crippen molar-refractivity contribution in [3.63, 3.8) is 0 Å². The molecule has 0 aliphatic carbocycles. The Labute approximate surface area is 104 Å². The van der Waals surface area contributed by atoms with Gasteiger partial charge >= 0.3 is 0 Å². The highest BCUT2D eigenvalue weighted by atomic mass is 35.5. The number of aliphatic imine (C=N–C) groups is 1. The van der Waals surface area contributed by atoms with Gasteiger partial charge in [-0.3, -0.25) is 10.3 Å². The first kappa shape index (κ1) is 11.3. The fourth-order valence-electron chi connectivity index (χ4n) is 1.42. The van der Waals surface area contributed by atoms with Gasteiger partial charge in [-0.05, 0) is 30.4 Å². The normalized spacial score (nSPS) is 18.6. The van der Waals surface area contributed by atoms with Crippen LogP contribution < -0.4 is 5.48 Å². The molecule has 1 heterocycles. The second-order valence-electron chi connectivity index (χ2n) is 3.28. The van der Waals surface area contributed by atoms with E-state index in [4.69, 9.17) is 16.4 Å². The lowest BCUT2D eigenvalue weighted by Crippen LogP contribution is -2.14. The van der Waals surface area contributed by atoms with E-state index >= 15 is 0 Å². The third-order valence-electron chi connectivity index (χ3n) is 2.14. The summed E-state index contributed by atoms with van der Waals surface area (Å²) in [5, 5.41) is 3.00. The Morgan fingerprint density at radius 3 is 3.19 bits per heavy atom. The van der Waals surface area contributed by atoms with Gasteiger partial charge in [0.05, 0.1) is 17.4 Å². The number of hydrogen-bond acceptors (Lipinski definition) is 4. The third-order valence-corrected chi connectivity index (χ3v) is 2.51. The molecule has 2 rings (SSSR count). The van der Waals surface area contributed by atoms with Crippen molar-refractivity contribution < 1.29 is 4.84 Å². The summed E-state index contributed by atoms with van der Waals surface area (Å²) in [6.45, 7) is 0.473. The van der Waals surface area contributed by atoms with Crippen molar-refractivity contribution in [2.75, 3.05) is 6.54 Å². The van der Waals surface area contributed by atoms with Gasteiger partial charge < -0.3 is 0 Å². The smallest absolute Gasteiger partial charge is 0.126 e. The molecule has 1 aliphatic heterocycles. The predicted octanol–water partition coefficient (Wildman–Crippen LogP) is 2.69. The van der Waals surface area contributed by atoms with Crippen LogP contribution in [0.25, 0.3) is 5.70 Å². The molecule has 1 aromatic rings. The van der Waals surface area contributed by atoms with Crippen molar-refractivity contribution in [3.05, 3.63) is 40.9 Å². The summed E-state index contributed by atoms with van der Waals surface area (Å²) in [5.74, 6) is 0. The molecule has 1 N–H and O–H groups in total. The topological polar surface area (TPSA) is 33.6 Å². The van der Waals surface area contributed by atoms with Gasteiger partial charge in [-0.2, -0.15) is 0 Å². The summed E-state index contributed by atoms with van der Waals surface area (Å²) in [7, 11) is 0. The van der Waals surface area contributed by atoms with E-state index in [-0.39, 0.29) is 6.10 Å². The van der Waals surface area contributed by atoms with E-state index in [9.17, 15) is 0 Å². The summed E-state index contributed by atoms with van der Waals surface area (Å²) in [4.78, 5) is 9.12. The van der Waals surface area contributed by atoms with E-state index in [1.54, 1.807) is 0 Å². The zero-order chi connectivity index (χ0) is 11.4. The highest BCUT2D eigenvalue weighted by Crippen LogP contribution is 2.21. The van der Waals surface area contributed by atoms with E-state index in [0.717, 1.165) is 11.3 Å². The average molecular weight is 253 g/mol. The molecular formula is C11H9ClN2OS. The lowest BCUT2D eigenvalue weighted by molar-refractivity contribution is 0.0571. The van der Waals surface area contributed by atoms with Crippen LogP contribution >= 0.6 is 23.8 Å². The lowest BCUT2D eigenvalue weighted by atomic mass is 10.1. The van der Waals surface area contributed by atoms with Crippen LogP contribution in [0.4, 0.5) is 0 Å². The molecule has 82 valence electrons.